The lowest BCUT2D eigenvalue weighted by Crippen LogP contribution is -2.04. The van der Waals surface area contributed by atoms with Gasteiger partial charge in [-0.05, 0) is 49.1 Å². The van der Waals surface area contributed by atoms with Gasteiger partial charge in [0.25, 0.3) is 5.69 Å². The summed E-state index contributed by atoms with van der Waals surface area (Å²) in [5.74, 6) is 1.45. The van der Waals surface area contributed by atoms with Crippen molar-refractivity contribution in [3.05, 3.63) is 107 Å². The fraction of sp³-hybridized carbons (Fsp3) is 0.143. The Morgan fingerprint density at radius 3 is 2.20 bits per heavy atom. The average Bonchev–Trinajstić information content (AvgIpc) is 3.25. The number of carbonyl (C=O) groups excluding carboxylic acids is 1. The molecular weight excluding hydrogens is 314 g/mol. The molecule has 4 heteroatoms. The molecule has 0 saturated heterocycles. The van der Waals surface area contributed by atoms with E-state index in [4.69, 9.17) is 0 Å². The SMILES string of the molecule is O=C(c1ccc([C]2[CH][CH][CH][CH]2)cc1)[C@@H]1C[C@H]1c1ccc([N+](=O)[O-])cc1. The number of non-ortho nitro benzene ring substituents is 1. The van der Waals surface area contributed by atoms with Crippen molar-refractivity contribution in [2.24, 2.45) is 5.92 Å². The third-order valence-electron chi connectivity index (χ3n) is 4.82. The van der Waals surface area contributed by atoms with Crippen molar-refractivity contribution in [2.75, 3.05) is 0 Å². The summed E-state index contributed by atoms with van der Waals surface area (Å²) < 4.78 is 0. The Labute approximate surface area is 147 Å². The van der Waals surface area contributed by atoms with Crippen LogP contribution in [0.4, 0.5) is 5.69 Å². The van der Waals surface area contributed by atoms with Gasteiger partial charge in [-0.25, -0.2) is 0 Å². The summed E-state index contributed by atoms with van der Waals surface area (Å²) in [6, 6.07) is 14.3. The second-order valence-corrected chi connectivity index (χ2v) is 6.41. The quantitative estimate of drug-likeness (QED) is 0.465. The number of Topliss-reactive ketones (excluding diaryl/α,β-unsaturated/α-hetero) is 1. The monoisotopic (exact) mass is 330 g/mol. The standard InChI is InChI=1S/C21H16NO3/c23-21(17-7-5-15(6-8-17)14-3-1-2-4-14)20-13-19(20)16-9-11-18(12-10-16)22(24)25/h1-12,19-20H,13H2/t19-,20+/m0/s1. The minimum atomic E-state index is -0.409. The van der Waals surface area contributed by atoms with E-state index in [9.17, 15) is 14.9 Å². The highest BCUT2D eigenvalue weighted by atomic mass is 16.6. The van der Waals surface area contributed by atoms with Crippen molar-refractivity contribution < 1.29 is 9.72 Å². The second-order valence-electron chi connectivity index (χ2n) is 6.41. The van der Waals surface area contributed by atoms with Crippen molar-refractivity contribution >= 4 is 11.5 Å². The van der Waals surface area contributed by atoms with Crippen molar-refractivity contribution in [1.82, 2.24) is 0 Å². The highest BCUT2D eigenvalue weighted by molar-refractivity contribution is 6.00. The van der Waals surface area contributed by atoms with E-state index in [0.29, 0.717) is 0 Å². The zero-order chi connectivity index (χ0) is 17.4. The number of benzene rings is 2. The molecule has 4 rings (SSSR count). The van der Waals surface area contributed by atoms with Crippen LogP contribution >= 0.6 is 0 Å². The Morgan fingerprint density at radius 1 is 0.960 bits per heavy atom. The van der Waals surface area contributed by atoms with Crippen LogP contribution in [0.1, 0.15) is 33.8 Å². The lowest BCUT2D eigenvalue weighted by molar-refractivity contribution is -0.384. The van der Waals surface area contributed by atoms with E-state index < -0.39 is 4.92 Å². The van der Waals surface area contributed by atoms with Gasteiger partial charge in [-0.1, -0.05) is 36.4 Å². The molecule has 0 aliphatic heterocycles. The predicted octanol–water partition coefficient (Wildman–Crippen LogP) is 4.33. The Hall–Kier alpha value is -2.49. The maximum atomic E-state index is 12.7. The van der Waals surface area contributed by atoms with Crippen LogP contribution in [0.3, 0.4) is 0 Å². The van der Waals surface area contributed by atoms with E-state index in [1.807, 2.05) is 49.9 Å². The fourth-order valence-electron chi connectivity index (χ4n) is 3.30. The summed E-state index contributed by atoms with van der Waals surface area (Å²) in [4.78, 5) is 23.0. The second kappa shape index (κ2) is 6.43. The third-order valence-corrected chi connectivity index (χ3v) is 4.82. The van der Waals surface area contributed by atoms with Crippen molar-refractivity contribution in [1.29, 1.82) is 0 Å². The number of nitro benzene ring substituents is 1. The molecule has 2 fully saturated rings. The van der Waals surface area contributed by atoms with E-state index in [-0.39, 0.29) is 23.3 Å². The largest absolute Gasteiger partial charge is 0.294 e. The molecule has 0 unspecified atom stereocenters. The third kappa shape index (κ3) is 3.21. The maximum absolute atomic E-state index is 12.7. The van der Waals surface area contributed by atoms with E-state index in [0.717, 1.165) is 29.0 Å². The van der Waals surface area contributed by atoms with Gasteiger partial charge >= 0.3 is 0 Å². The van der Waals surface area contributed by atoms with Gasteiger partial charge in [0, 0.05) is 29.5 Å². The minimum Gasteiger partial charge on any atom is -0.294 e. The Balaban J connectivity index is 1.42. The van der Waals surface area contributed by atoms with E-state index >= 15 is 0 Å². The molecule has 0 heterocycles. The first-order valence-corrected chi connectivity index (χ1v) is 8.24. The number of ketones is 1. The zero-order valence-corrected chi connectivity index (χ0v) is 13.5. The zero-order valence-electron chi connectivity index (χ0n) is 13.5. The van der Waals surface area contributed by atoms with Crippen LogP contribution in [0.25, 0.3) is 0 Å². The van der Waals surface area contributed by atoms with Crippen molar-refractivity contribution in [3.8, 4) is 0 Å². The van der Waals surface area contributed by atoms with E-state index in [2.05, 4.69) is 0 Å². The van der Waals surface area contributed by atoms with Gasteiger partial charge in [-0.15, -0.1) is 0 Å². The molecule has 0 amide bonds. The first-order valence-electron chi connectivity index (χ1n) is 8.24. The molecule has 2 aromatic rings. The minimum absolute atomic E-state index is 0.0220. The molecule has 0 aromatic heterocycles. The molecule has 0 spiro atoms. The lowest BCUT2D eigenvalue weighted by Gasteiger charge is -2.09. The summed E-state index contributed by atoms with van der Waals surface area (Å²) in [7, 11) is 0. The van der Waals surface area contributed by atoms with Crippen molar-refractivity contribution in [3.63, 3.8) is 0 Å². The van der Waals surface area contributed by atoms with Gasteiger partial charge in [0.15, 0.2) is 5.78 Å². The normalized spacial score (nSPS) is 22.7. The van der Waals surface area contributed by atoms with Gasteiger partial charge in [0.2, 0.25) is 0 Å². The van der Waals surface area contributed by atoms with Crippen molar-refractivity contribution in [2.45, 2.75) is 12.3 Å². The molecule has 2 saturated carbocycles. The molecular formula is C21H16NO3. The number of carbonyl (C=O) groups is 1. The van der Waals surface area contributed by atoms with Gasteiger partial charge in [0.05, 0.1) is 4.92 Å². The number of hydrogen-bond donors (Lipinski definition) is 0. The summed E-state index contributed by atoms with van der Waals surface area (Å²) in [6.45, 7) is 0. The van der Waals surface area contributed by atoms with Crippen LogP contribution < -0.4 is 0 Å². The lowest BCUT2D eigenvalue weighted by atomic mass is 9.95. The summed E-state index contributed by atoms with van der Waals surface area (Å²) in [6.07, 6.45) is 8.88. The van der Waals surface area contributed by atoms with Gasteiger partial charge in [-0.3, -0.25) is 14.9 Å². The van der Waals surface area contributed by atoms with Gasteiger partial charge in [0.1, 0.15) is 0 Å². The first kappa shape index (κ1) is 16.0. The predicted molar refractivity (Wildman–Crippen MR) is 94.3 cm³/mol. The van der Waals surface area contributed by atoms with Crippen LogP contribution in [0.5, 0.6) is 0 Å². The number of rotatable bonds is 5. The number of nitro groups is 1. The van der Waals surface area contributed by atoms with Crippen LogP contribution in [-0.2, 0) is 0 Å². The highest BCUT2D eigenvalue weighted by Gasteiger charge is 2.44. The van der Waals surface area contributed by atoms with Crippen LogP contribution in [0.2, 0.25) is 0 Å². The molecule has 2 aliphatic carbocycles. The van der Waals surface area contributed by atoms with Crippen LogP contribution in [0, 0.1) is 47.6 Å². The Kier molecular flexibility index (Phi) is 4.12. The van der Waals surface area contributed by atoms with Crippen LogP contribution in [-0.4, -0.2) is 10.7 Å². The number of hydrogen-bond acceptors (Lipinski definition) is 3. The molecule has 123 valence electrons. The number of nitrogens with zero attached hydrogens (tertiary/aromatic N) is 1. The molecule has 5 radical (unpaired) electrons. The topological polar surface area (TPSA) is 60.2 Å². The average molecular weight is 330 g/mol. The molecule has 25 heavy (non-hydrogen) atoms. The Bertz CT molecular complexity index is 789. The summed E-state index contributed by atoms with van der Waals surface area (Å²) in [5, 5.41) is 10.7. The highest BCUT2D eigenvalue weighted by Crippen LogP contribution is 2.49. The molecule has 2 aliphatic rings. The molecule has 2 aromatic carbocycles. The Morgan fingerprint density at radius 2 is 1.60 bits per heavy atom. The van der Waals surface area contributed by atoms with E-state index in [1.165, 1.54) is 12.1 Å². The summed E-state index contributed by atoms with van der Waals surface area (Å²) >= 11 is 0. The summed E-state index contributed by atoms with van der Waals surface area (Å²) in [5.41, 5.74) is 2.90. The first-order chi connectivity index (χ1) is 12.1. The fourth-order valence-corrected chi connectivity index (χ4v) is 3.30. The van der Waals surface area contributed by atoms with Crippen LogP contribution in [0.15, 0.2) is 48.5 Å². The smallest absolute Gasteiger partial charge is 0.269 e. The molecule has 0 N–H and O–H groups in total. The van der Waals surface area contributed by atoms with Gasteiger partial charge < -0.3 is 0 Å². The van der Waals surface area contributed by atoms with Gasteiger partial charge in [-0.2, -0.15) is 0 Å². The molecule has 0 bridgehead atoms. The maximum Gasteiger partial charge on any atom is 0.269 e. The molecule has 2 atom stereocenters. The van der Waals surface area contributed by atoms with E-state index in [1.54, 1.807) is 12.1 Å². The molecule has 4 nitrogen and oxygen atoms in total.